The number of nitrogens with one attached hydrogen (secondary N) is 1. The third-order valence-corrected chi connectivity index (χ3v) is 6.40. The maximum absolute atomic E-state index is 12.6. The zero-order valence-corrected chi connectivity index (χ0v) is 13.0. The molecule has 2 rings (SSSR count). The van der Waals surface area contributed by atoms with E-state index in [2.05, 4.69) is 5.32 Å². The Hall–Kier alpha value is -1.22. The molecule has 0 spiro atoms. The molecule has 1 aliphatic rings. The van der Waals surface area contributed by atoms with Gasteiger partial charge in [-0.2, -0.15) is 13.2 Å². The molecular weight excluding hydrogens is 339 g/mol. The first-order chi connectivity index (χ1) is 10.2. The smallest absolute Gasteiger partial charge is 0.325 e. The summed E-state index contributed by atoms with van der Waals surface area (Å²) in [7, 11) is -3.00. The molecule has 22 heavy (non-hydrogen) atoms. The molecule has 122 valence electrons. The lowest BCUT2D eigenvalue weighted by Crippen LogP contribution is -2.17. The molecule has 0 aromatic heterocycles. The van der Waals surface area contributed by atoms with Crippen LogP contribution in [0.3, 0.4) is 0 Å². The zero-order valence-electron chi connectivity index (χ0n) is 11.4. The number of hydrogen-bond donors (Lipinski definition) is 1. The molecule has 4 nitrogen and oxygen atoms in total. The maximum Gasteiger partial charge on any atom is 0.416 e. The van der Waals surface area contributed by atoms with Gasteiger partial charge in [0.05, 0.1) is 22.8 Å². The van der Waals surface area contributed by atoms with Gasteiger partial charge in [0.2, 0.25) is 5.91 Å². The standard InChI is InChI=1S/C13H14F3NO3S2/c14-13(15,16)9-2-1-3-10(6-9)17-12(18)7-21-11-4-5-22(19,20)8-11/h1-3,6,11H,4-5,7-8H2,(H,17,18)/t11-/m1/s1. The summed E-state index contributed by atoms with van der Waals surface area (Å²) in [5.41, 5.74) is -0.765. The van der Waals surface area contributed by atoms with Crippen molar-refractivity contribution in [2.75, 3.05) is 22.6 Å². The summed E-state index contributed by atoms with van der Waals surface area (Å²) in [6.45, 7) is 0. The number of carbonyl (C=O) groups is 1. The monoisotopic (exact) mass is 353 g/mol. The highest BCUT2D eigenvalue weighted by atomic mass is 32.2. The highest BCUT2D eigenvalue weighted by Gasteiger charge is 2.31. The van der Waals surface area contributed by atoms with Crippen molar-refractivity contribution in [1.29, 1.82) is 0 Å². The van der Waals surface area contributed by atoms with Gasteiger partial charge in [-0.1, -0.05) is 6.07 Å². The van der Waals surface area contributed by atoms with Crippen LogP contribution in [-0.4, -0.2) is 36.8 Å². The normalized spacial score (nSPS) is 20.8. The molecule has 0 unspecified atom stereocenters. The molecule has 1 fully saturated rings. The van der Waals surface area contributed by atoms with Crippen molar-refractivity contribution < 1.29 is 26.4 Å². The van der Waals surface area contributed by atoms with Crippen molar-refractivity contribution in [3.05, 3.63) is 29.8 Å². The second-order valence-corrected chi connectivity index (χ2v) is 8.48. The van der Waals surface area contributed by atoms with Gasteiger partial charge >= 0.3 is 6.18 Å². The molecule has 1 aliphatic heterocycles. The Morgan fingerprint density at radius 3 is 2.68 bits per heavy atom. The molecule has 1 aromatic rings. The second-order valence-electron chi connectivity index (χ2n) is 4.96. The lowest BCUT2D eigenvalue weighted by molar-refractivity contribution is -0.137. The summed E-state index contributed by atoms with van der Waals surface area (Å²) < 4.78 is 60.2. The van der Waals surface area contributed by atoms with Crippen molar-refractivity contribution in [2.24, 2.45) is 0 Å². The molecule has 0 saturated carbocycles. The molecule has 0 radical (unpaired) electrons. The molecule has 0 aliphatic carbocycles. The van der Waals surface area contributed by atoms with Crippen LogP contribution >= 0.6 is 11.8 Å². The zero-order chi connectivity index (χ0) is 16.4. The number of benzene rings is 1. The van der Waals surface area contributed by atoms with Crippen LogP contribution in [0.15, 0.2) is 24.3 Å². The van der Waals surface area contributed by atoms with Gasteiger partial charge in [0, 0.05) is 10.9 Å². The minimum absolute atomic E-state index is 0.0103. The average molecular weight is 353 g/mol. The van der Waals surface area contributed by atoms with Crippen LogP contribution in [0.25, 0.3) is 0 Å². The number of anilines is 1. The van der Waals surface area contributed by atoms with Crippen molar-refractivity contribution in [2.45, 2.75) is 17.8 Å². The molecule has 9 heteroatoms. The topological polar surface area (TPSA) is 63.2 Å². The van der Waals surface area contributed by atoms with Crippen molar-refractivity contribution in [1.82, 2.24) is 0 Å². The van der Waals surface area contributed by atoms with E-state index >= 15 is 0 Å². The number of halogens is 3. The van der Waals surface area contributed by atoms with E-state index < -0.39 is 27.5 Å². The van der Waals surface area contributed by atoms with Gasteiger partial charge in [0.1, 0.15) is 0 Å². The van der Waals surface area contributed by atoms with Crippen molar-refractivity contribution in [3.63, 3.8) is 0 Å². The Balaban J connectivity index is 1.87. The average Bonchev–Trinajstić information content (AvgIpc) is 2.75. The van der Waals surface area contributed by atoms with Crippen LogP contribution in [0.2, 0.25) is 0 Å². The molecule has 0 bridgehead atoms. The van der Waals surface area contributed by atoms with Gasteiger partial charge in [-0.05, 0) is 24.6 Å². The Bertz CT molecular complexity index is 659. The Morgan fingerprint density at radius 1 is 1.36 bits per heavy atom. The number of alkyl halides is 3. The fourth-order valence-corrected chi connectivity index (χ4v) is 5.50. The highest BCUT2D eigenvalue weighted by molar-refractivity contribution is 8.02. The van der Waals surface area contributed by atoms with Crippen LogP contribution in [0.5, 0.6) is 0 Å². The third-order valence-electron chi connectivity index (χ3n) is 3.11. The van der Waals surface area contributed by atoms with E-state index in [1.54, 1.807) is 0 Å². The molecule has 1 atom stereocenters. The van der Waals surface area contributed by atoms with E-state index in [0.29, 0.717) is 6.42 Å². The van der Waals surface area contributed by atoms with E-state index in [1.807, 2.05) is 0 Å². The van der Waals surface area contributed by atoms with Crippen LogP contribution in [0.1, 0.15) is 12.0 Å². The Kier molecular flexibility index (Phi) is 5.06. The number of carbonyl (C=O) groups excluding carboxylic acids is 1. The lowest BCUT2D eigenvalue weighted by atomic mass is 10.2. The van der Waals surface area contributed by atoms with Gasteiger partial charge in [-0.3, -0.25) is 4.79 Å². The van der Waals surface area contributed by atoms with Crippen molar-refractivity contribution in [3.8, 4) is 0 Å². The largest absolute Gasteiger partial charge is 0.416 e. The number of thioether (sulfide) groups is 1. The summed E-state index contributed by atoms with van der Waals surface area (Å²) >= 11 is 1.21. The van der Waals surface area contributed by atoms with Gasteiger partial charge in [-0.25, -0.2) is 8.42 Å². The first-order valence-electron chi connectivity index (χ1n) is 6.45. The van der Waals surface area contributed by atoms with E-state index in [0.717, 1.165) is 12.1 Å². The highest BCUT2D eigenvalue weighted by Crippen LogP contribution is 2.30. The quantitative estimate of drug-likeness (QED) is 0.904. The molecule has 1 aromatic carbocycles. The van der Waals surface area contributed by atoms with Crippen molar-refractivity contribution >= 4 is 33.2 Å². The summed E-state index contributed by atoms with van der Waals surface area (Å²) in [4.78, 5) is 11.7. The maximum atomic E-state index is 12.6. The first-order valence-corrected chi connectivity index (χ1v) is 9.32. The van der Waals surface area contributed by atoms with Gasteiger partial charge in [-0.15, -0.1) is 11.8 Å². The summed E-state index contributed by atoms with van der Waals surface area (Å²) in [6.07, 6.45) is -3.96. The minimum atomic E-state index is -4.46. The van der Waals surface area contributed by atoms with E-state index in [4.69, 9.17) is 0 Å². The van der Waals surface area contributed by atoms with E-state index in [9.17, 15) is 26.4 Å². The third kappa shape index (κ3) is 4.91. The summed E-state index contributed by atoms with van der Waals surface area (Å²) in [6, 6.07) is 4.38. The molecule has 1 heterocycles. The van der Waals surface area contributed by atoms with E-state index in [-0.39, 0.29) is 28.2 Å². The Morgan fingerprint density at radius 2 is 2.09 bits per heavy atom. The van der Waals surface area contributed by atoms with Crippen LogP contribution in [0, 0.1) is 0 Å². The van der Waals surface area contributed by atoms with Crippen LogP contribution < -0.4 is 5.32 Å². The van der Waals surface area contributed by atoms with Crippen LogP contribution in [-0.2, 0) is 20.8 Å². The van der Waals surface area contributed by atoms with Gasteiger partial charge < -0.3 is 5.32 Å². The van der Waals surface area contributed by atoms with Gasteiger partial charge in [0.25, 0.3) is 0 Å². The molecule has 1 N–H and O–H groups in total. The molecule has 1 amide bonds. The summed E-state index contributed by atoms with van der Waals surface area (Å²) in [5.74, 6) is -0.265. The van der Waals surface area contributed by atoms with Crippen LogP contribution in [0.4, 0.5) is 18.9 Å². The fourth-order valence-electron chi connectivity index (χ4n) is 2.06. The predicted octanol–water partition coefficient (Wildman–Crippen LogP) is 2.56. The molecular formula is C13H14F3NO3S2. The lowest BCUT2D eigenvalue weighted by Gasteiger charge is -2.11. The SMILES string of the molecule is O=C(CS[C@@H]1CCS(=O)(=O)C1)Nc1cccc(C(F)(F)F)c1. The fraction of sp³-hybridized carbons (Fsp3) is 0.462. The number of hydrogen-bond acceptors (Lipinski definition) is 4. The first kappa shape index (κ1) is 17.1. The number of sulfone groups is 1. The van der Waals surface area contributed by atoms with E-state index in [1.165, 1.54) is 23.9 Å². The molecule has 1 saturated heterocycles. The Labute approximate surface area is 130 Å². The summed E-state index contributed by atoms with van der Waals surface area (Å²) in [5, 5.41) is 2.26. The van der Waals surface area contributed by atoms with Gasteiger partial charge in [0.15, 0.2) is 9.84 Å². The second kappa shape index (κ2) is 6.49. The predicted molar refractivity (Wildman–Crippen MR) is 79.6 cm³/mol. The minimum Gasteiger partial charge on any atom is -0.325 e. The number of rotatable bonds is 4. The number of amides is 1.